The lowest BCUT2D eigenvalue weighted by atomic mass is 10.0. The zero-order valence-corrected chi connectivity index (χ0v) is 19.3. The Kier molecular flexibility index (Phi) is 6.90. The van der Waals surface area contributed by atoms with Crippen molar-refractivity contribution in [2.75, 3.05) is 31.1 Å². The molecule has 1 unspecified atom stereocenters. The number of piperazine rings is 1. The van der Waals surface area contributed by atoms with Crippen molar-refractivity contribution in [3.63, 3.8) is 0 Å². The molecule has 0 aromatic heterocycles. The number of aryl methyl sites for hydroxylation is 1. The molecule has 0 amide bonds. The highest BCUT2D eigenvalue weighted by atomic mass is 35.5. The molecule has 2 nitrogen and oxygen atoms in total. The van der Waals surface area contributed by atoms with Crippen LogP contribution in [-0.4, -0.2) is 31.1 Å². The first-order valence-corrected chi connectivity index (χ1v) is 11.4. The molecule has 1 fully saturated rings. The normalized spacial score (nSPS) is 17.3. The van der Waals surface area contributed by atoms with Crippen LogP contribution >= 0.6 is 34.8 Å². The minimum Gasteiger partial charge on any atom is -0.361 e. The van der Waals surface area contributed by atoms with Crippen LogP contribution in [0.3, 0.4) is 0 Å². The molecule has 1 aliphatic rings. The third-order valence-electron chi connectivity index (χ3n) is 5.74. The van der Waals surface area contributed by atoms with E-state index < -0.39 is 0 Å². The monoisotopic (exact) mass is 458 g/mol. The summed E-state index contributed by atoms with van der Waals surface area (Å²) in [5, 5.41) is 2.10. The molecule has 5 heteroatoms. The van der Waals surface area contributed by atoms with Crippen molar-refractivity contribution >= 4 is 40.5 Å². The number of halogens is 3. The van der Waals surface area contributed by atoms with E-state index in [1.54, 1.807) is 0 Å². The quantitative estimate of drug-likeness (QED) is 0.403. The van der Waals surface area contributed by atoms with Gasteiger partial charge < -0.3 is 4.90 Å². The third-order valence-corrected chi connectivity index (χ3v) is 6.53. The van der Waals surface area contributed by atoms with E-state index in [1.165, 1.54) is 16.7 Å². The minimum absolute atomic E-state index is 0.201. The van der Waals surface area contributed by atoms with E-state index in [4.69, 9.17) is 34.8 Å². The van der Waals surface area contributed by atoms with Crippen LogP contribution in [-0.2, 0) is 6.42 Å². The molecule has 4 rings (SSSR count). The summed E-state index contributed by atoms with van der Waals surface area (Å²) in [5.74, 6) is 0. The SMILES string of the molecule is Cc1cccc(CCN2CCN(c3ccc(Cl)cc3Cl)C(c3ccc(Cl)cc3)C2)c1. The number of nitrogens with zero attached hydrogens (tertiary/aromatic N) is 2. The molecule has 3 aromatic rings. The van der Waals surface area contributed by atoms with Crippen LogP contribution in [0.1, 0.15) is 22.7 Å². The number of hydrogen-bond acceptors (Lipinski definition) is 2. The van der Waals surface area contributed by atoms with Crippen molar-refractivity contribution < 1.29 is 0 Å². The average Bonchev–Trinajstić information content (AvgIpc) is 2.73. The molecule has 1 heterocycles. The number of anilines is 1. The first-order valence-electron chi connectivity index (χ1n) is 10.2. The van der Waals surface area contributed by atoms with Crippen LogP contribution in [0.2, 0.25) is 15.1 Å². The number of benzene rings is 3. The van der Waals surface area contributed by atoms with Crippen LogP contribution in [0.25, 0.3) is 0 Å². The molecule has 1 saturated heterocycles. The van der Waals surface area contributed by atoms with Crippen LogP contribution in [0.5, 0.6) is 0 Å². The van der Waals surface area contributed by atoms with E-state index >= 15 is 0 Å². The van der Waals surface area contributed by atoms with Crippen molar-refractivity contribution in [3.8, 4) is 0 Å². The Morgan fingerprint density at radius 3 is 2.37 bits per heavy atom. The predicted molar refractivity (Wildman–Crippen MR) is 129 cm³/mol. The lowest BCUT2D eigenvalue weighted by Gasteiger charge is -2.43. The van der Waals surface area contributed by atoms with Gasteiger partial charge in [0.2, 0.25) is 0 Å². The number of rotatable bonds is 5. The molecule has 0 radical (unpaired) electrons. The molecular formula is C25H25Cl3N2. The molecule has 156 valence electrons. The second-order valence-electron chi connectivity index (χ2n) is 7.90. The van der Waals surface area contributed by atoms with Gasteiger partial charge in [0.25, 0.3) is 0 Å². The second kappa shape index (κ2) is 9.62. The van der Waals surface area contributed by atoms with Crippen molar-refractivity contribution in [3.05, 3.63) is 98.5 Å². The van der Waals surface area contributed by atoms with Crippen LogP contribution in [0.15, 0.2) is 66.7 Å². The lowest BCUT2D eigenvalue weighted by Crippen LogP contribution is -2.49. The first-order chi connectivity index (χ1) is 14.5. The highest BCUT2D eigenvalue weighted by molar-refractivity contribution is 6.36. The Morgan fingerprint density at radius 2 is 1.63 bits per heavy atom. The highest BCUT2D eigenvalue weighted by Crippen LogP contribution is 2.36. The van der Waals surface area contributed by atoms with Crippen molar-refractivity contribution in [1.82, 2.24) is 4.90 Å². The summed E-state index contributed by atoms with van der Waals surface area (Å²) in [6, 6.07) is 22.9. The fraction of sp³-hybridized carbons (Fsp3) is 0.280. The van der Waals surface area contributed by atoms with Gasteiger partial charge in [0, 0.05) is 36.2 Å². The molecule has 1 atom stereocenters. The average molecular weight is 460 g/mol. The first kappa shape index (κ1) is 21.5. The van der Waals surface area contributed by atoms with Gasteiger partial charge in [0.05, 0.1) is 16.8 Å². The topological polar surface area (TPSA) is 6.48 Å². The summed E-state index contributed by atoms with van der Waals surface area (Å²) in [6.07, 6.45) is 1.05. The van der Waals surface area contributed by atoms with Crippen LogP contribution in [0.4, 0.5) is 5.69 Å². The second-order valence-corrected chi connectivity index (χ2v) is 9.18. The smallest absolute Gasteiger partial charge is 0.0670 e. The summed E-state index contributed by atoms with van der Waals surface area (Å²) in [6.45, 7) is 6.02. The molecule has 1 aliphatic heterocycles. The highest BCUT2D eigenvalue weighted by Gasteiger charge is 2.29. The van der Waals surface area contributed by atoms with E-state index in [2.05, 4.69) is 53.1 Å². The Balaban J connectivity index is 1.55. The van der Waals surface area contributed by atoms with Gasteiger partial charge >= 0.3 is 0 Å². The lowest BCUT2D eigenvalue weighted by molar-refractivity contribution is 0.226. The maximum absolute atomic E-state index is 6.57. The zero-order chi connectivity index (χ0) is 21.1. The van der Waals surface area contributed by atoms with Crippen molar-refractivity contribution in [2.45, 2.75) is 19.4 Å². The van der Waals surface area contributed by atoms with E-state index in [0.29, 0.717) is 10.0 Å². The van der Waals surface area contributed by atoms with Crippen LogP contribution < -0.4 is 4.90 Å². The Morgan fingerprint density at radius 1 is 0.867 bits per heavy atom. The van der Waals surface area contributed by atoms with E-state index in [9.17, 15) is 0 Å². The standard InChI is InChI=1S/C25H25Cl3N2/c1-18-3-2-4-19(15-18)11-12-29-13-14-30(24-10-9-22(27)16-23(24)28)25(17-29)20-5-7-21(26)8-6-20/h2-10,15-16,25H,11-14,17H2,1H3. The van der Waals surface area contributed by atoms with Gasteiger partial charge in [-0.25, -0.2) is 0 Å². The summed E-state index contributed by atoms with van der Waals surface area (Å²) < 4.78 is 0. The zero-order valence-electron chi connectivity index (χ0n) is 17.0. The molecular weight excluding hydrogens is 435 g/mol. The van der Waals surface area contributed by atoms with E-state index in [1.807, 2.05) is 30.3 Å². The maximum atomic E-state index is 6.57. The molecule has 30 heavy (non-hydrogen) atoms. The van der Waals surface area contributed by atoms with Gasteiger partial charge in [-0.3, -0.25) is 4.90 Å². The third kappa shape index (κ3) is 5.12. The summed E-state index contributed by atoms with van der Waals surface area (Å²) in [7, 11) is 0. The molecule has 0 N–H and O–H groups in total. The van der Waals surface area contributed by atoms with Gasteiger partial charge in [0.1, 0.15) is 0 Å². The van der Waals surface area contributed by atoms with Crippen molar-refractivity contribution in [1.29, 1.82) is 0 Å². The Labute approximate surface area is 194 Å². The molecule has 0 bridgehead atoms. The van der Waals surface area contributed by atoms with E-state index in [-0.39, 0.29) is 6.04 Å². The summed E-state index contributed by atoms with van der Waals surface area (Å²) >= 11 is 18.9. The van der Waals surface area contributed by atoms with Gasteiger partial charge in [-0.15, -0.1) is 0 Å². The summed E-state index contributed by atoms with van der Waals surface area (Å²) in [4.78, 5) is 4.94. The maximum Gasteiger partial charge on any atom is 0.0670 e. The fourth-order valence-electron chi connectivity index (χ4n) is 4.17. The molecule has 0 aliphatic carbocycles. The molecule has 3 aromatic carbocycles. The molecule has 0 spiro atoms. The van der Waals surface area contributed by atoms with Gasteiger partial charge in [0.15, 0.2) is 0 Å². The number of hydrogen-bond donors (Lipinski definition) is 0. The van der Waals surface area contributed by atoms with Gasteiger partial charge in [-0.2, -0.15) is 0 Å². The van der Waals surface area contributed by atoms with Crippen molar-refractivity contribution in [2.24, 2.45) is 0 Å². The van der Waals surface area contributed by atoms with Gasteiger partial charge in [-0.1, -0.05) is 76.8 Å². The Hall–Kier alpha value is -1.71. The minimum atomic E-state index is 0.201. The predicted octanol–water partition coefficient (Wildman–Crippen LogP) is 7.06. The largest absolute Gasteiger partial charge is 0.361 e. The van der Waals surface area contributed by atoms with Crippen LogP contribution in [0, 0.1) is 6.92 Å². The van der Waals surface area contributed by atoms with Gasteiger partial charge in [-0.05, 0) is 54.8 Å². The Bertz CT molecular complexity index is 1000. The summed E-state index contributed by atoms with van der Waals surface area (Å²) in [5.41, 5.74) is 4.97. The van der Waals surface area contributed by atoms with E-state index in [0.717, 1.165) is 43.3 Å². The molecule has 0 saturated carbocycles. The fourth-order valence-corrected chi connectivity index (χ4v) is 4.81.